The van der Waals surface area contributed by atoms with Crippen LogP contribution in [-0.2, 0) is 0 Å². The molecule has 0 radical (unpaired) electrons. The van der Waals surface area contributed by atoms with E-state index >= 15 is 0 Å². The number of ether oxygens (including phenoxy) is 1. The zero-order valence-corrected chi connectivity index (χ0v) is 11.2. The van der Waals surface area contributed by atoms with Gasteiger partial charge < -0.3 is 15.8 Å². The van der Waals surface area contributed by atoms with E-state index in [1.165, 1.54) is 0 Å². The average Bonchev–Trinajstić information content (AvgIpc) is 2.28. The number of nitrogens with one attached hydrogen (secondary N) is 1. The van der Waals surface area contributed by atoms with Crippen molar-refractivity contribution in [2.75, 3.05) is 19.0 Å². The Morgan fingerprint density at radius 3 is 2.71 bits per heavy atom. The van der Waals surface area contributed by atoms with E-state index < -0.39 is 0 Å². The topological polar surface area (TPSA) is 60.2 Å². The summed E-state index contributed by atoms with van der Waals surface area (Å²) in [6.45, 7) is 7.23. The van der Waals surface area contributed by atoms with Gasteiger partial charge in [-0.15, -0.1) is 0 Å². The van der Waals surface area contributed by atoms with Crippen molar-refractivity contribution in [1.29, 1.82) is 0 Å². The molecule has 0 saturated heterocycles. The highest BCUT2D eigenvalue weighted by Gasteiger charge is 2.24. The Hall–Kier alpha value is -1.29. The molecule has 0 spiro atoms. The van der Waals surface area contributed by atoms with E-state index in [9.17, 15) is 0 Å². The smallest absolute Gasteiger partial charge is 0.168 e. The number of rotatable bonds is 5. The molecule has 1 aromatic rings. The molecule has 1 atom stereocenters. The van der Waals surface area contributed by atoms with Gasteiger partial charge >= 0.3 is 0 Å². The summed E-state index contributed by atoms with van der Waals surface area (Å²) in [5.74, 6) is 1.54. The van der Waals surface area contributed by atoms with Crippen molar-refractivity contribution < 1.29 is 4.74 Å². The van der Waals surface area contributed by atoms with Gasteiger partial charge in [-0.1, -0.05) is 20.8 Å². The minimum absolute atomic E-state index is 0.127. The lowest BCUT2D eigenvalue weighted by atomic mass is 9.85. The molecule has 3 N–H and O–H groups in total. The molecule has 1 unspecified atom stereocenters. The molecule has 4 nitrogen and oxygen atoms in total. The van der Waals surface area contributed by atoms with Crippen molar-refractivity contribution in [3.05, 3.63) is 18.3 Å². The molecule has 96 valence electrons. The van der Waals surface area contributed by atoms with Gasteiger partial charge in [0.1, 0.15) is 0 Å². The number of methoxy groups -OCH3 is 1. The summed E-state index contributed by atoms with van der Waals surface area (Å²) in [5, 5.41) is 3.42. The average molecular weight is 237 g/mol. The van der Waals surface area contributed by atoms with Crippen LogP contribution >= 0.6 is 0 Å². The molecule has 1 rings (SSSR count). The molecular weight excluding hydrogens is 214 g/mol. The van der Waals surface area contributed by atoms with Crippen molar-refractivity contribution >= 4 is 5.82 Å². The quantitative estimate of drug-likeness (QED) is 0.824. The molecule has 0 fully saturated rings. The Morgan fingerprint density at radius 1 is 1.47 bits per heavy atom. The number of nitrogens with two attached hydrogens (primary N) is 1. The summed E-state index contributed by atoms with van der Waals surface area (Å²) >= 11 is 0. The van der Waals surface area contributed by atoms with Crippen LogP contribution in [0.2, 0.25) is 0 Å². The van der Waals surface area contributed by atoms with Crippen LogP contribution in [0, 0.1) is 5.41 Å². The van der Waals surface area contributed by atoms with Gasteiger partial charge in [0.15, 0.2) is 11.6 Å². The summed E-state index contributed by atoms with van der Waals surface area (Å²) in [6.07, 6.45) is 2.66. The first-order valence-corrected chi connectivity index (χ1v) is 5.94. The Morgan fingerprint density at radius 2 is 2.18 bits per heavy atom. The zero-order valence-electron chi connectivity index (χ0n) is 11.2. The number of pyridine rings is 1. The summed E-state index contributed by atoms with van der Waals surface area (Å²) in [4.78, 5) is 4.31. The molecular formula is C13H23N3O. The lowest BCUT2D eigenvalue weighted by Crippen LogP contribution is -2.36. The Bertz CT molecular complexity index is 347. The summed E-state index contributed by atoms with van der Waals surface area (Å²) in [7, 11) is 1.65. The summed E-state index contributed by atoms with van der Waals surface area (Å²) in [6, 6.07) is 4.03. The highest BCUT2D eigenvalue weighted by atomic mass is 16.5. The fourth-order valence-electron chi connectivity index (χ4n) is 1.72. The number of aromatic nitrogens is 1. The standard InChI is InChI=1S/C13H23N3O/c1-13(2,3)11(7-8-14)16-12-10(17-4)6-5-9-15-12/h5-6,9,11H,7-8,14H2,1-4H3,(H,15,16). The Kier molecular flexibility index (Phi) is 4.75. The molecule has 17 heavy (non-hydrogen) atoms. The molecule has 0 aliphatic rings. The molecule has 0 saturated carbocycles. The largest absolute Gasteiger partial charge is 0.493 e. The van der Waals surface area contributed by atoms with E-state index in [4.69, 9.17) is 10.5 Å². The molecule has 4 heteroatoms. The van der Waals surface area contributed by atoms with Gasteiger partial charge in [-0.05, 0) is 30.5 Å². The second kappa shape index (κ2) is 5.87. The SMILES string of the molecule is COc1cccnc1NC(CCN)C(C)(C)C. The fraction of sp³-hybridized carbons (Fsp3) is 0.615. The van der Waals surface area contributed by atoms with Gasteiger partial charge in [-0.3, -0.25) is 0 Å². The van der Waals surface area contributed by atoms with Crippen molar-refractivity contribution in [3.8, 4) is 5.75 Å². The summed E-state index contributed by atoms with van der Waals surface area (Å²) in [5.41, 5.74) is 5.79. The van der Waals surface area contributed by atoms with Crippen LogP contribution in [0.15, 0.2) is 18.3 Å². The first-order chi connectivity index (χ1) is 7.99. The minimum Gasteiger partial charge on any atom is -0.493 e. The van der Waals surface area contributed by atoms with Crippen LogP contribution < -0.4 is 15.8 Å². The highest BCUT2D eigenvalue weighted by Crippen LogP contribution is 2.28. The Labute approximate surface area is 104 Å². The molecule has 1 aromatic heterocycles. The molecule has 0 amide bonds. The van der Waals surface area contributed by atoms with Crippen LogP contribution in [0.25, 0.3) is 0 Å². The number of nitrogens with zero attached hydrogens (tertiary/aromatic N) is 1. The number of hydrogen-bond donors (Lipinski definition) is 2. The van der Waals surface area contributed by atoms with Crippen LogP contribution in [-0.4, -0.2) is 24.7 Å². The van der Waals surface area contributed by atoms with Gasteiger partial charge in [-0.2, -0.15) is 0 Å². The van der Waals surface area contributed by atoms with Crippen molar-refractivity contribution in [2.45, 2.75) is 33.2 Å². The molecule has 0 aliphatic heterocycles. The first-order valence-electron chi connectivity index (χ1n) is 5.94. The van der Waals surface area contributed by atoms with E-state index in [0.717, 1.165) is 18.0 Å². The highest BCUT2D eigenvalue weighted by molar-refractivity contribution is 5.50. The van der Waals surface area contributed by atoms with Crippen LogP contribution in [0.5, 0.6) is 5.75 Å². The number of anilines is 1. The van der Waals surface area contributed by atoms with Gasteiger partial charge in [0.05, 0.1) is 7.11 Å². The minimum atomic E-state index is 0.127. The molecule has 0 bridgehead atoms. The van der Waals surface area contributed by atoms with Gasteiger partial charge in [0.2, 0.25) is 0 Å². The van der Waals surface area contributed by atoms with Crippen molar-refractivity contribution in [3.63, 3.8) is 0 Å². The predicted octanol–water partition coefficient (Wildman–Crippen LogP) is 2.27. The predicted molar refractivity (Wildman–Crippen MR) is 71.3 cm³/mol. The Balaban J connectivity index is 2.86. The number of hydrogen-bond acceptors (Lipinski definition) is 4. The van der Waals surface area contributed by atoms with E-state index in [1.807, 2.05) is 12.1 Å². The first kappa shape index (κ1) is 13.8. The lowest BCUT2D eigenvalue weighted by Gasteiger charge is -2.32. The van der Waals surface area contributed by atoms with E-state index in [2.05, 4.69) is 31.1 Å². The third kappa shape index (κ3) is 3.89. The maximum absolute atomic E-state index is 5.66. The lowest BCUT2D eigenvalue weighted by molar-refractivity contribution is 0.326. The van der Waals surface area contributed by atoms with E-state index in [-0.39, 0.29) is 11.5 Å². The molecule has 0 aromatic carbocycles. The van der Waals surface area contributed by atoms with E-state index in [1.54, 1.807) is 13.3 Å². The third-order valence-corrected chi connectivity index (χ3v) is 2.80. The maximum atomic E-state index is 5.66. The van der Waals surface area contributed by atoms with Crippen LogP contribution in [0.3, 0.4) is 0 Å². The maximum Gasteiger partial charge on any atom is 0.168 e. The zero-order chi connectivity index (χ0) is 12.9. The van der Waals surface area contributed by atoms with Crippen molar-refractivity contribution in [2.24, 2.45) is 11.1 Å². The monoisotopic (exact) mass is 237 g/mol. The van der Waals surface area contributed by atoms with Crippen molar-refractivity contribution in [1.82, 2.24) is 4.98 Å². The van der Waals surface area contributed by atoms with Gasteiger partial charge in [0, 0.05) is 12.2 Å². The second-order valence-corrected chi connectivity index (χ2v) is 5.19. The van der Waals surface area contributed by atoms with E-state index in [0.29, 0.717) is 6.54 Å². The third-order valence-electron chi connectivity index (χ3n) is 2.80. The van der Waals surface area contributed by atoms with Gasteiger partial charge in [-0.25, -0.2) is 4.98 Å². The van der Waals surface area contributed by atoms with Crippen LogP contribution in [0.4, 0.5) is 5.82 Å². The summed E-state index contributed by atoms with van der Waals surface area (Å²) < 4.78 is 5.28. The molecule has 0 aliphatic carbocycles. The normalized spacial score (nSPS) is 13.2. The molecule has 1 heterocycles. The van der Waals surface area contributed by atoms with Gasteiger partial charge in [0.25, 0.3) is 0 Å². The van der Waals surface area contributed by atoms with Crippen LogP contribution in [0.1, 0.15) is 27.2 Å². The second-order valence-electron chi connectivity index (χ2n) is 5.19. The fourth-order valence-corrected chi connectivity index (χ4v) is 1.72.